The molecule has 0 aliphatic carbocycles. The summed E-state index contributed by atoms with van der Waals surface area (Å²) in [6, 6.07) is 9.05. The first-order valence-electron chi connectivity index (χ1n) is 7.19. The van der Waals surface area contributed by atoms with Crippen LogP contribution in [0.4, 0.5) is 0 Å². The fourth-order valence-corrected chi connectivity index (χ4v) is 2.70. The van der Waals surface area contributed by atoms with Crippen molar-refractivity contribution in [2.75, 3.05) is 6.54 Å². The fourth-order valence-electron chi connectivity index (χ4n) is 2.70. The molecule has 1 aliphatic heterocycles. The topological polar surface area (TPSA) is 21.3 Å². The molecule has 2 heteroatoms. The second-order valence-corrected chi connectivity index (χ2v) is 5.54. The zero-order chi connectivity index (χ0) is 13.0. The van der Waals surface area contributed by atoms with Gasteiger partial charge in [0.2, 0.25) is 0 Å². The van der Waals surface area contributed by atoms with Crippen LogP contribution >= 0.6 is 0 Å². The molecule has 2 nitrogen and oxygen atoms in total. The highest BCUT2D eigenvalue weighted by Crippen LogP contribution is 2.30. The maximum Gasteiger partial charge on any atom is 0.120 e. The van der Waals surface area contributed by atoms with E-state index in [1.165, 1.54) is 24.8 Å². The predicted octanol–water partition coefficient (Wildman–Crippen LogP) is 3.92. The smallest absolute Gasteiger partial charge is 0.120 e. The predicted molar refractivity (Wildman–Crippen MR) is 76.0 cm³/mol. The van der Waals surface area contributed by atoms with Crippen molar-refractivity contribution in [2.24, 2.45) is 5.92 Å². The van der Waals surface area contributed by atoms with Gasteiger partial charge in [0.25, 0.3) is 0 Å². The summed E-state index contributed by atoms with van der Waals surface area (Å²) in [6.07, 6.45) is 4.10. The Hall–Kier alpha value is -1.02. The molecule has 1 saturated heterocycles. The Balaban J connectivity index is 2.07. The molecule has 1 fully saturated rings. The Morgan fingerprint density at radius 3 is 2.94 bits per heavy atom. The van der Waals surface area contributed by atoms with Gasteiger partial charge in [0.05, 0.1) is 6.10 Å². The largest absolute Gasteiger partial charge is 0.491 e. The van der Waals surface area contributed by atoms with Crippen molar-refractivity contribution in [3.05, 3.63) is 29.8 Å². The quantitative estimate of drug-likeness (QED) is 0.870. The van der Waals surface area contributed by atoms with E-state index in [0.717, 1.165) is 18.2 Å². The molecule has 0 aromatic heterocycles. The van der Waals surface area contributed by atoms with Crippen molar-refractivity contribution in [1.29, 1.82) is 0 Å². The van der Waals surface area contributed by atoms with Crippen molar-refractivity contribution in [1.82, 2.24) is 5.32 Å². The summed E-state index contributed by atoms with van der Waals surface area (Å²) < 4.78 is 5.77. The van der Waals surface area contributed by atoms with Crippen molar-refractivity contribution >= 4 is 0 Å². The Labute approximate surface area is 111 Å². The van der Waals surface area contributed by atoms with E-state index in [4.69, 9.17) is 4.74 Å². The maximum atomic E-state index is 5.77. The molecule has 1 aliphatic rings. The van der Waals surface area contributed by atoms with Crippen molar-refractivity contribution in [3.8, 4) is 5.75 Å². The highest BCUT2D eigenvalue weighted by Gasteiger charge is 2.21. The van der Waals surface area contributed by atoms with Crippen LogP contribution in [0.25, 0.3) is 0 Å². The van der Waals surface area contributed by atoms with E-state index in [0.29, 0.717) is 6.04 Å². The Bertz CT molecular complexity index is 375. The minimum absolute atomic E-state index is 0.239. The van der Waals surface area contributed by atoms with Crippen LogP contribution in [0, 0.1) is 5.92 Å². The molecule has 1 aromatic carbocycles. The first-order valence-corrected chi connectivity index (χ1v) is 7.19. The minimum Gasteiger partial charge on any atom is -0.491 e. The van der Waals surface area contributed by atoms with Crippen LogP contribution < -0.4 is 10.1 Å². The number of nitrogens with one attached hydrogen (secondary N) is 1. The summed E-state index contributed by atoms with van der Waals surface area (Å²) in [5.74, 6) is 1.86. The Morgan fingerprint density at radius 2 is 2.22 bits per heavy atom. The second-order valence-electron chi connectivity index (χ2n) is 5.54. The molecule has 0 radical (unpaired) electrons. The van der Waals surface area contributed by atoms with Crippen LogP contribution in [0.2, 0.25) is 0 Å². The molecule has 0 spiro atoms. The molecule has 0 bridgehead atoms. The summed E-state index contributed by atoms with van der Waals surface area (Å²) in [4.78, 5) is 0. The zero-order valence-electron chi connectivity index (χ0n) is 11.8. The number of benzene rings is 1. The summed E-state index contributed by atoms with van der Waals surface area (Å²) >= 11 is 0. The van der Waals surface area contributed by atoms with Gasteiger partial charge in [-0.2, -0.15) is 0 Å². The third-order valence-corrected chi connectivity index (χ3v) is 3.72. The first kappa shape index (κ1) is 13.4. The number of rotatable bonds is 4. The molecule has 18 heavy (non-hydrogen) atoms. The number of piperidine rings is 1. The van der Waals surface area contributed by atoms with Crippen LogP contribution in [0.3, 0.4) is 0 Å². The molecule has 2 unspecified atom stereocenters. The van der Waals surface area contributed by atoms with Gasteiger partial charge in [-0.3, -0.25) is 0 Å². The maximum absolute atomic E-state index is 5.77. The molecule has 100 valence electrons. The highest BCUT2D eigenvalue weighted by atomic mass is 16.5. The van der Waals surface area contributed by atoms with Gasteiger partial charge in [-0.15, -0.1) is 0 Å². The van der Waals surface area contributed by atoms with E-state index in [1.807, 2.05) is 6.07 Å². The lowest BCUT2D eigenvalue weighted by atomic mass is 9.87. The summed E-state index contributed by atoms with van der Waals surface area (Å²) in [5.41, 5.74) is 1.37. The molecule has 1 aromatic rings. The van der Waals surface area contributed by atoms with E-state index >= 15 is 0 Å². The first-order chi connectivity index (χ1) is 8.69. The molecular formula is C16H25NO. The molecule has 1 N–H and O–H groups in total. The van der Waals surface area contributed by atoms with Crippen LogP contribution in [-0.2, 0) is 0 Å². The van der Waals surface area contributed by atoms with Crippen LogP contribution in [-0.4, -0.2) is 12.6 Å². The van der Waals surface area contributed by atoms with Crippen LogP contribution in [0.15, 0.2) is 24.3 Å². The third-order valence-electron chi connectivity index (χ3n) is 3.72. The van der Waals surface area contributed by atoms with Gasteiger partial charge in [0.15, 0.2) is 0 Å². The summed E-state index contributed by atoms with van der Waals surface area (Å²) in [6.45, 7) is 7.57. The average Bonchev–Trinajstić information content (AvgIpc) is 2.38. The van der Waals surface area contributed by atoms with Gasteiger partial charge in [-0.05, 0) is 56.8 Å². The second kappa shape index (κ2) is 6.24. The lowest BCUT2D eigenvalue weighted by molar-refractivity contribution is 0.241. The van der Waals surface area contributed by atoms with E-state index in [1.54, 1.807) is 0 Å². The molecule has 0 amide bonds. The number of ether oxygens (including phenoxy) is 1. The van der Waals surface area contributed by atoms with Gasteiger partial charge in [-0.1, -0.05) is 25.5 Å². The lowest BCUT2D eigenvalue weighted by Crippen LogP contribution is -2.31. The van der Waals surface area contributed by atoms with E-state index in [2.05, 4.69) is 44.3 Å². The van der Waals surface area contributed by atoms with Gasteiger partial charge in [0.1, 0.15) is 5.75 Å². The van der Waals surface area contributed by atoms with Gasteiger partial charge in [0, 0.05) is 6.04 Å². The van der Waals surface area contributed by atoms with Crippen molar-refractivity contribution in [2.45, 2.75) is 52.2 Å². The highest BCUT2D eigenvalue weighted by molar-refractivity contribution is 5.31. The van der Waals surface area contributed by atoms with Crippen molar-refractivity contribution in [3.63, 3.8) is 0 Å². The number of hydrogen-bond acceptors (Lipinski definition) is 2. The Kier molecular flexibility index (Phi) is 4.65. The van der Waals surface area contributed by atoms with E-state index < -0.39 is 0 Å². The molecule has 1 heterocycles. The molecule has 2 atom stereocenters. The van der Waals surface area contributed by atoms with E-state index in [9.17, 15) is 0 Å². The Morgan fingerprint density at radius 1 is 1.39 bits per heavy atom. The van der Waals surface area contributed by atoms with Crippen LogP contribution in [0.1, 0.15) is 51.6 Å². The third kappa shape index (κ3) is 3.49. The normalized spacial score (nSPS) is 24.2. The molecule has 0 saturated carbocycles. The molecule has 2 rings (SSSR count). The van der Waals surface area contributed by atoms with E-state index in [-0.39, 0.29) is 6.10 Å². The monoisotopic (exact) mass is 247 g/mol. The average molecular weight is 247 g/mol. The summed E-state index contributed by atoms with van der Waals surface area (Å²) in [5, 5.41) is 3.62. The van der Waals surface area contributed by atoms with Crippen molar-refractivity contribution < 1.29 is 4.74 Å². The van der Waals surface area contributed by atoms with Gasteiger partial charge < -0.3 is 10.1 Å². The minimum atomic E-state index is 0.239. The SMILES string of the molecule is CCC1CCNC(c2cccc(OC(C)C)c2)C1. The fraction of sp³-hybridized carbons (Fsp3) is 0.625. The summed E-state index contributed by atoms with van der Waals surface area (Å²) in [7, 11) is 0. The van der Waals surface area contributed by atoms with Gasteiger partial charge in [-0.25, -0.2) is 0 Å². The van der Waals surface area contributed by atoms with Gasteiger partial charge >= 0.3 is 0 Å². The number of hydrogen-bond donors (Lipinski definition) is 1. The standard InChI is InChI=1S/C16H25NO/c1-4-13-8-9-17-16(10-13)14-6-5-7-15(11-14)18-12(2)3/h5-7,11-13,16-17H,4,8-10H2,1-3H3. The molecular weight excluding hydrogens is 222 g/mol. The van der Waals surface area contributed by atoms with Crippen LogP contribution in [0.5, 0.6) is 5.75 Å². The zero-order valence-corrected chi connectivity index (χ0v) is 11.8. The lowest BCUT2D eigenvalue weighted by Gasteiger charge is -2.30.